The van der Waals surface area contributed by atoms with Crippen LogP contribution >= 0.6 is 23.4 Å². The maximum Gasteiger partial charge on any atom is 0.238 e. The van der Waals surface area contributed by atoms with Gasteiger partial charge in [0, 0.05) is 17.3 Å². The van der Waals surface area contributed by atoms with Crippen LogP contribution in [0.15, 0.2) is 48.5 Å². The summed E-state index contributed by atoms with van der Waals surface area (Å²) in [6.45, 7) is 5.63. The van der Waals surface area contributed by atoms with Gasteiger partial charge in [-0.25, -0.2) is 0 Å². The van der Waals surface area contributed by atoms with Crippen LogP contribution in [0, 0.1) is 12.3 Å². The molecule has 0 bridgehead atoms. The van der Waals surface area contributed by atoms with Crippen molar-refractivity contribution in [3.63, 3.8) is 0 Å². The van der Waals surface area contributed by atoms with Gasteiger partial charge in [-0.05, 0) is 50.1 Å². The van der Waals surface area contributed by atoms with E-state index in [-0.39, 0.29) is 23.1 Å². The summed E-state index contributed by atoms with van der Waals surface area (Å²) in [5.41, 5.74) is 3.14. The van der Waals surface area contributed by atoms with Crippen LogP contribution in [0.3, 0.4) is 0 Å². The van der Waals surface area contributed by atoms with Gasteiger partial charge in [0.15, 0.2) is 0 Å². The summed E-state index contributed by atoms with van der Waals surface area (Å²) >= 11 is 7.48. The van der Waals surface area contributed by atoms with Crippen molar-refractivity contribution in [3.05, 3.63) is 59.7 Å². The lowest BCUT2D eigenvalue weighted by atomic mass is 9.95. The highest BCUT2D eigenvalue weighted by molar-refractivity contribution is 8.00. The molecule has 1 atom stereocenters. The van der Waals surface area contributed by atoms with Crippen LogP contribution in [0.1, 0.15) is 30.3 Å². The fraction of sp³-hybridized carbons (Fsp3) is 0.333. The maximum atomic E-state index is 12.5. The van der Waals surface area contributed by atoms with Gasteiger partial charge in [0.05, 0.1) is 11.2 Å². The zero-order valence-electron chi connectivity index (χ0n) is 15.7. The summed E-state index contributed by atoms with van der Waals surface area (Å²) in [4.78, 5) is 26.6. The predicted octanol–water partition coefficient (Wildman–Crippen LogP) is 4.98. The van der Waals surface area contributed by atoms with Crippen LogP contribution in [0.2, 0.25) is 0 Å². The van der Waals surface area contributed by atoms with E-state index in [2.05, 4.69) is 5.32 Å². The number of thioether (sulfide) groups is 1. The summed E-state index contributed by atoms with van der Waals surface area (Å²) in [5, 5.41) is 2.83. The topological polar surface area (TPSA) is 49.4 Å². The SMILES string of the molecule is Cc1ccccc1N1C(=O)CSC1c1ccc(NC(=O)C(C)(C)CCl)cc1. The molecule has 1 saturated heterocycles. The molecule has 1 heterocycles. The fourth-order valence-electron chi connectivity index (χ4n) is 2.86. The number of amides is 2. The largest absolute Gasteiger partial charge is 0.326 e. The smallest absolute Gasteiger partial charge is 0.238 e. The standard InChI is InChI=1S/C21H23ClN2O2S/c1-14-6-4-5-7-17(14)24-18(25)12-27-19(24)15-8-10-16(11-9-15)23-20(26)21(2,3)13-22/h4-11,19H,12-13H2,1-3H3,(H,23,26). The number of anilines is 2. The van der Waals surface area contributed by atoms with Crippen molar-refractivity contribution < 1.29 is 9.59 Å². The number of benzene rings is 2. The second-order valence-corrected chi connectivity index (χ2v) is 8.64. The molecule has 2 aromatic rings. The number of para-hydroxylation sites is 1. The lowest BCUT2D eigenvalue weighted by Gasteiger charge is -2.26. The molecule has 3 rings (SSSR count). The first-order valence-corrected chi connectivity index (χ1v) is 10.4. The molecule has 0 radical (unpaired) electrons. The Morgan fingerprint density at radius 2 is 1.89 bits per heavy atom. The molecule has 2 amide bonds. The first kappa shape index (κ1) is 19.8. The molecule has 2 aromatic carbocycles. The molecule has 1 N–H and O–H groups in total. The number of carbonyl (C=O) groups is 2. The first-order valence-electron chi connectivity index (χ1n) is 8.80. The van der Waals surface area contributed by atoms with E-state index in [9.17, 15) is 9.59 Å². The molecule has 0 spiro atoms. The van der Waals surface area contributed by atoms with Gasteiger partial charge in [-0.1, -0.05) is 30.3 Å². The second kappa shape index (κ2) is 7.95. The number of hydrogen-bond donors (Lipinski definition) is 1. The van der Waals surface area contributed by atoms with Crippen LogP contribution in [0.25, 0.3) is 0 Å². The van der Waals surface area contributed by atoms with Gasteiger partial charge in [0.25, 0.3) is 0 Å². The Morgan fingerprint density at radius 1 is 1.22 bits per heavy atom. The predicted molar refractivity (Wildman–Crippen MR) is 113 cm³/mol. The summed E-state index contributed by atoms with van der Waals surface area (Å²) in [6.07, 6.45) is 0. The van der Waals surface area contributed by atoms with Gasteiger partial charge >= 0.3 is 0 Å². The van der Waals surface area contributed by atoms with Crippen LogP contribution in [-0.4, -0.2) is 23.4 Å². The van der Waals surface area contributed by atoms with E-state index >= 15 is 0 Å². The van der Waals surface area contributed by atoms with E-state index < -0.39 is 5.41 Å². The van der Waals surface area contributed by atoms with E-state index in [1.165, 1.54) is 0 Å². The number of aryl methyl sites for hydroxylation is 1. The van der Waals surface area contributed by atoms with Crippen LogP contribution in [-0.2, 0) is 9.59 Å². The summed E-state index contributed by atoms with van der Waals surface area (Å²) in [5.74, 6) is 0.711. The highest BCUT2D eigenvalue weighted by atomic mass is 35.5. The number of halogens is 1. The molecular formula is C21H23ClN2O2S. The van der Waals surface area contributed by atoms with E-state index in [1.807, 2.05) is 74.2 Å². The van der Waals surface area contributed by atoms with Gasteiger partial charge in [0.1, 0.15) is 5.37 Å². The van der Waals surface area contributed by atoms with Gasteiger partial charge in [0.2, 0.25) is 11.8 Å². The van der Waals surface area contributed by atoms with Crippen LogP contribution in [0.4, 0.5) is 11.4 Å². The number of hydrogen-bond acceptors (Lipinski definition) is 3. The lowest BCUT2D eigenvalue weighted by Crippen LogP contribution is -2.32. The highest BCUT2D eigenvalue weighted by Gasteiger charge is 2.34. The highest BCUT2D eigenvalue weighted by Crippen LogP contribution is 2.42. The molecule has 1 fully saturated rings. The number of carbonyl (C=O) groups excluding carboxylic acids is 2. The number of rotatable bonds is 5. The second-order valence-electron chi connectivity index (χ2n) is 7.31. The van der Waals surface area contributed by atoms with Gasteiger partial charge in [-0.2, -0.15) is 0 Å². The van der Waals surface area contributed by atoms with E-state index in [0.717, 1.165) is 22.5 Å². The fourth-order valence-corrected chi connectivity index (χ4v) is 4.15. The average Bonchev–Trinajstić information content (AvgIpc) is 3.04. The van der Waals surface area contributed by atoms with Crippen molar-refractivity contribution >= 4 is 46.6 Å². The molecule has 4 nitrogen and oxygen atoms in total. The number of alkyl halides is 1. The van der Waals surface area contributed by atoms with Crippen molar-refractivity contribution in [1.29, 1.82) is 0 Å². The van der Waals surface area contributed by atoms with E-state index in [0.29, 0.717) is 5.75 Å². The maximum absolute atomic E-state index is 12.5. The third-order valence-electron chi connectivity index (χ3n) is 4.65. The molecule has 1 aliphatic rings. The zero-order chi connectivity index (χ0) is 19.6. The Bertz CT molecular complexity index is 852. The summed E-state index contributed by atoms with van der Waals surface area (Å²) in [6, 6.07) is 15.6. The van der Waals surface area contributed by atoms with Crippen molar-refractivity contribution in [3.8, 4) is 0 Å². The first-order chi connectivity index (χ1) is 12.8. The number of nitrogens with zero attached hydrogens (tertiary/aromatic N) is 1. The Kier molecular flexibility index (Phi) is 5.82. The Hall–Kier alpha value is -1.98. The minimum atomic E-state index is -0.629. The molecule has 27 heavy (non-hydrogen) atoms. The Labute approximate surface area is 169 Å². The molecule has 0 aromatic heterocycles. The Balaban J connectivity index is 1.81. The molecule has 142 valence electrons. The summed E-state index contributed by atoms with van der Waals surface area (Å²) in [7, 11) is 0. The third-order valence-corrected chi connectivity index (χ3v) is 6.53. The third kappa shape index (κ3) is 4.14. The Morgan fingerprint density at radius 3 is 2.52 bits per heavy atom. The quantitative estimate of drug-likeness (QED) is 0.717. The zero-order valence-corrected chi connectivity index (χ0v) is 17.2. The van der Waals surface area contributed by atoms with Crippen molar-refractivity contribution in [2.45, 2.75) is 26.1 Å². The minimum absolute atomic E-state index is 0.0670. The van der Waals surface area contributed by atoms with Gasteiger partial charge < -0.3 is 5.32 Å². The molecule has 6 heteroatoms. The number of nitrogens with one attached hydrogen (secondary N) is 1. The molecule has 0 saturated carbocycles. The monoisotopic (exact) mass is 402 g/mol. The average molecular weight is 403 g/mol. The summed E-state index contributed by atoms with van der Waals surface area (Å²) < 4.78 is 0. The van der Waals surface area contributed by atoms with E-state index in [1.54, 1.807) is 11.8 Å². The van der Waals surface area contributed by atoms with Gasteiger partial charge in [-0.15, -0.1) is 23.4 Å². The van der Waals surface area contributed by atoms with Crippen LogP contribution in [0.5, 0.6) is 0 Å². The van der Waals surface area contributed by atoms with Crippen molar-refractivity contribution in [2.75, 3.05) is 21.8 Å². The molecule has 0 aliphatic carbocycles. The van der Waals surface area contributed by atoms with Crippen molar-refractivity contribution in [2.24, 2.45) is 5.41 Å². The lowest BCUT2D eigenvalue weighted by molar-refractivity contribution is -0.123. The van der Waals surface area contributed by atoms with Crippen molar-refractivity contribution in [1.82, 2.24) is 0 Å². The molecule has 1 aliphatic heterocycles. The molecular weight excluding hydrogens is 380 g/mol. The van der Waals surface area contributed by atoms with E-state index in [4.69, 9.17) is 11.6 Å². The van der Waals surface area contributed by atoms with Crippen LogP contribution < -0.4 is 10.2 Å². The normalized spacial score (nSPS) is 17.3. The van der Waals surface area contributed by atoms with Gasteiger partial charge in [-0.3, -0.25) is 14.5 Å². The molecule has 1 unspecified atom stereocenters. The minimum Gasteiger partial charge on any atom is -0.326 e.